The first-order chi connectivity index (χ1) is 3.95. The van der Waals surface area contributed by atoms with Crippen molar-refractivity contribution >= 4 is 0 Å². The summed E-state index contributed by atoms with van der Waals surface area (Å²) in [7, 11) is 0. The van der Waals surface area contributed by atoms with Crippen LogP contribution in [0.2, 0.25) is 0 Å². The van der Waals surface area contributed by atoms with Gasteiger partial charge in [0.2, 0.25) is 0 Å². The van der Waals surface area contributed by atoms with Gasteiger partial charge in [-0.3, -0.25) is 0 Å². The first-order valence-corrected chi connectivity index (χ1v) is 3.17. The molecule has 8 heavy (non-hydrogen) atoms. The van der Waals surface area contributed by atoms with Crippen molar-refractivity contribution in [1.29, 1.82) is 0 Å². The fourth-order valence-electron chi connectivity index (χ4n) is 1.30. The third-order valence-corrected chi connectivity index (χ3v) is 1.89. The lowest BCUT2D eigenvalue weighted by molar-refractivity contribution is 0.770. The van der Waals surface area contributed by atoms with Gasteiger partial charge in [-0.25, -0.2) is 0 Å². The van der Waals surface area contributed by atoms with E-state index in [1.807, 2.05) is 0 Å². The zero-order chi connectivity index (χ0) is 5.40. The van der Waals surface area contributed by atoms with E-state index in [4.69, 9.17) is 0 Å². The van der Waals surface area contributed by atoms with Crippen LogP contribution in [-0.2, 0) is 0 Å². The summed E-state index contributed by atoms with van der Waals surface area (Å²) in [5.41, 5.74) is 1.54. The summed E-state index contributed by atoms with van der Waals surface area (Å²) in [5.74, 6) is 1.61. The molecule has 0 spiro atoms. The predicted octanol–water partition coefficient (Wildman–Crippen LogP) is 2.24. The Morgan fingerprint density at radius 3 is 2.25 bits per heavy atom. The van der Waals surface area contributed by atoms with E-state index in [9.17, 15) is 0 Å². The van der Waals surface area contributed by atoms with Crippen LogP contribution >= 0.6 is 0 Å². The van der Waals surface area contributed by atoms with Gasteiger partial charge in [0.1, 0.15) is 0 Å². The van der Waals surface area contributed by atoms with Crippen LogP contribution in [0.15, 0.2) is 23.8 Å². The molecule has 1 radical (unpaired) electrons. The van der Waals surface area contributed by atoms with Crippen molar-refractivity contribution in [1.82, 2.24) is 0 Å². The molecule has 0 saturated heterocycles. The molecule has 0 unspecified atom stereocenters. The Kier molecular flexibility index (Phi) is 0.806. The van der Waals surface area contributed by atoms with E-state index in [-0.39, 0.29) is 0 Å². The third kappa shape index (κ3) is 0.525. The van der Waals surface area contributed by atoms with Crippen molar-refractivity contribution in [2.24, 2.45) is 0 Å². The first kappa shape index (κ1) is 4.37. The van der Waals surface area contributed by atoms with E-state index in [2.05, 4.69) is 18.2 Å². The minimum atomic E-state index is 1.23. The maximum Gasteiger partial charge on any atom is 0.00169 e. The highest BCUT2D eigenvalue weighted by atomic mass is 14.2. The predicted molar refractivity (Wildman–Crippen MR) is 34.3 cm³/mol. The van der Waals surface area contributed by atoms with Crippen LogP contribution in [0.5, 0.6) is 0 Å². The van der Waals surface area contributed by atoms with Gasteiger partial charge in [0.15, 0.2) is 0 Å². The number of rotatable bonds is 0. The molecule has 0 amide bonds. The van der Waals surface area contributed by atoms with Gasteiger partial charge < -0.3 is 0 Å². The van der Waals surface area contributed by atoms with Gasteiger partial charge in [-0.05, 0) is 19.3 Å². The molecule has 3 rings (SSSR count). The minimum Gasteiger partial charge on any atom is -0.0804 e. The number of hydrogen-bond acceptors (Lipinski definition) is 0. The van der Waals surface area contributed by atoms with Crippen LogP contribution in [0, 0.1) is 5.92 Å². The van der Waals surface area contributed by atoms with Crippen LogP contribution in [0.25, 0.3) is 0 Å². The summed E-state index contributed by atoms with van der Waals surface area (Å²) in [6, 6.07) is 0. The highest BCUT2D eigenvalue weighted by Crippen LogP contribution is 2.31. The standard InChI is InChI=1S/C8H9/c1-2-8-5-3-7(1)4-6-8/h1-3H,4-6H2. The number of fused-ring (bicyclic) bond motifs is 2. The lowest BCUT2D eigenvalue weighted by Gasteiger charge is -2.21. The summed E-state index contributed by atoms with van der Waals surface area (Å²) in [4.78, 5) is 0. The van der Waals surface area contributed by atoms with Crippen molar-refractivity contribution in [3.63, 3.8) is 0 Å². The Morgan fingerprint density at radius 1 is 1.12 bits per heavy atom. The summed E-state index contributed by atoms with van der Waals surface area (Å²) in [5, 5.41) is 0. The highest BCUT2D eigenvalue weighted by molar-refractivity contribution is 5.36. The lowest BCUT2D eigenvalue weighted by atomic mass is 9.84. The van der Waals surface area contributed by atoms with Gasteiger partial charge in [0, 0.05) is 5.92 Å². The number of hydrogen-bond donors (Lipinski definition) is 0. The third-order valence-electron chi connectivity index (χ3n) is 1.89. The second kappa shape index (κ2) is 1.48. The average molecular weight is 105 g/mol. The Labute approximate surface area is 49.9 Å². The molecule has 0 aromatic rings. The van der Waals surface area contributed by atoms with Gasteiger partial charge in [-0.15, -0.1) is 0 Å². The molecule has 0 N–H and O–H groups in total. The summed E-state index contributed by atoms with van der Waals surface area (Å²) < 4.78 is 0. The molecule has 0 fully saturated rings. The Balaban J connectivity index is 2.36. The fourth-order valence-corrected chi connectivity index (χ4v) is 1.30. The Hall–Kier alpha value is -0.520. The van der Waals surface area contributed by atoms with Gasteiger partial charge in [0.05, 0.1) is 0 Å². The SMILES string of the molecule is C1=CC2=CC[C]1CC2. The molecule has 0 saturated carbocycles. The van der Waals surface area contributed by atoms with Crippen molar-refractivity contribution in [3.05, 3.63) is 29.7 Å². The van der Waals surface area contributed by atoms with Gasteiger partial charge in [0.25, 0.3) is 0 Å². The fraction of sp³-hybridized carbons (Fsp3) is 0.375. The molecular weight excluding hydrogens is 96.1 g/mol. The largest absolute Gasteiger partial charge is 0.0804 e. The second-order valence-corrected chi connectivity index (χ2v) is 2.47. The first-order valence-electron chi connectivity index (χ1n) is 3.17. The second-order valence-electron chi connectivity index (χ2n) is 2.47. The van der Waals surface area contributed by atoms with Crippen LogP contribution in [-0.4, -0.2) is 0 Å². The average Bonchev–Trinajstić information content (AvgIpc) is 1.92. The molecule has 2 bridgehead atoms. The van der Waals surface area contributed by atoms with Crippen molar-refractivity contribution in [3.8, 4) is 0 Å². The maximum atomic E-state index is 2.33. The zero-order valence-electron chi connectivity index (χ0n) is 4.85. The zero-order valence-corrected chi connectivity index (χ0v) is 4.85. The van der Waals surface area contributed by atoms with Crippen LogP contribution < -0.4 is 0 Å². The molecule has 41 valence electrons. The normalized spacial score (nSPS) is 26.2. The van der Waals surface area contributed by atoms with Gasteiger partial charge in [-0.1, -0.05) is 23.8 Å². The summed E-state index contributed by atoms with van der Waals surface area (Å²) in [6.45, 7) is 0. The molecule has 0 nitrogen and oxygen atoms in total. The Bertz CT molecular complexity index is 151. The summed E-state index contributed by atoms with van der Waals surface area (Å²) in [6.07, 6.45) is 10.7. The molecule has 0 heterocycles. The van der Waals surface area contributed by atoms with Gasteiger partial charge in [-0.2, -0.15) is 0 Å². The van der Waals surface area contributed by atoms with E-state index < -0.39 is 0 Å². The lowest BCUT2D eigenvalue weighted by Crippen LogP contribution is -2.04. The van der Waals surface area contributed by atoms with E-state index in [0.29, 0.717) is 0 Å². The summed E-state index contributed by atoms with van der Waals surface area (Å²) >= 11 is 0. The number of allylic oxidation sites excluding steroid dienone is 4. The molecule has 0 aliphatic heterocycles. The van der Waals surface area contributed by atoms with Crippen molar-refractivity contribution < 1.29 is 0 Å². The minimum absolute atomic E-state index is 1.23. The van der Waals surface area contributed by atoms with E-state index in [1.54, 1.807) is 11.5 Å². The van der Waals surface area contributed by atoms with E-state index in [0.717, 1.165) is 0 Å². The van der Waals surface area contributed by atoms with Gasteiger partial charge >= 0.3 is 0 Å². The van der Waals surface area contributed by atoms with E-state index >= 15 is 0 Å². The monoisotopic (exact) mass is 105 g/mol. The smallest absolute Gasteiger partial charge is 0.00169 e. The highest BCUT2D eigenvalue weighted by Gasteiger charge is 2.14. The molecular formula is C8H9. The molecule has 0 aromatic carbocycles. The quantitative estimate of drug-likeness (QED) is 0.443. The van der Waals surface area contributed by atoms with Crippen LogP contribution in [0.1, 0.15) is 19.3 Å². The van der Waals surface area contributed by atoms with E-state index in [1.165, 1.54) is 19.3 Å². The molecule has 0 heteroatoms. The molecule has 0 aromatic heterocycles. The molecule has 0 atom stereocenters. The Morgan fingerprint density at radius 2 is 2.12 bits per heavy atom. The maximum absolute atomic E-state index is 2.33. The van der Waals surface area contributed by atoms with Crippen molar-refractivity contribution in [2.75, 3.05) is 0 Å². The molecule has 3 aliphatic rings. The molecule has 3 aliphatic carbocycles. The van der Waals surface area contributed by atoms with Crippen LogP contribution in [0.3, 0.4) is 0 Å². The topological polar surface area (TPSA) is 0 Å². The van der Waals surface area contributed by atoms with Crippen molar-refractivity contribution in [2.45, 2.75) is 19.3 Å². The van der Waals surface area contributed by atoms with Crippen LogP contribution in [0.4, 0.5) is 0 Å².